The van der Waals surface area contributed by atoms with E-state index in [1.807, 2.05) is 0 Å². The number of nitrogens with zero attached hydrogens (tertiary/aromatic N) is 1. The van der Waals surface area contributed by atoms with Crippen LogP contribution in [0, 0.1) is 11.8 Å². The number of nitrogens with one attached hydrogen (secondary N) is 4. The second kappa shape index (κ2) is 45.5. The first-order valence-corrected chi connectivity index (χ1v) is 25.4. The van der Waals surface area contributed by atoms with Gasteiger partial charge in [-0.25, -0.2) is 9.59 Å². The van der Waals surface area contributed by atoms with Gasteiger partial charge in [0, 0.05) is 32.7 Å². The van der Waals surface area contributed by atoms with E-state index in [1.165, 1.54) is 167 Å². The molecule has 340 valence electrons. The van der Waals surface area contributed by atoms with Crippen molar-refractivity contribution in [2.45, 2.75) is 240 Å². The summed E-state index contributed by atoms with van der Waals surface area (Å²) in [5.41, 5.74) is 0. The highest BCUT2D eigenvalue weighted by Gasteiger charge is 2.12. The molecule has 0 radical (unpaired) electrons. The van der Waals surface area contributed by atoms with Gasteiger partial charge in [0.2, 0.25) is 0 Å². The van der Waals surface area contributed by atoms with Crippen LogP contribution in [0.2, 0.25) is 0 Å². The quantitative estimate of drug-likeness (QED) is 0.0395. The number of urea groups is 2. The maximum atomic E-state index is 12.5. The molecule has 4 amide bonds. The van der Waals surface area contributed by atoms with Gasteiger partial charge in [0.1, 0.15) is 0 Å². The molecule has 0 aliphatic rings. The van der Waals surface area contributed by atoms with Crippen molar-refractivity contribution < 1.29 is 14.7 Å². The van der Waals surface area contributed by atoms with Gasteiger partial charge in [0.15, 0.2) is 0 Å². The lowest BCUT2D eigenvalue weighted by Gasteiger charge is -2.21. The second-order valence-corrected chi connectivity index (χ2v) is 17.6. The van der Waals surface area contributed by atoms with E-state index in [0.29, 0.717) is 11.8 Å². The molecule has 8 heteroatoms. The maximum Gasteiger partial charge on any atom is 0.314 e. The Morgan fingerprint density at radius 2 is 0.684 bits per heavy atom. The number of hydrogen-bond donors (Lipinski definition) is 5. The van der Waals surface area contributed by atoms with E-state index < -0.39 is 0 Å². The largest absolute Gasteiger partial charge is 0.395 e. The second-order valence-electron chi connectivity index (χ2n) is 17.6. The van der Waals surface area contributed by atoms with Crippen molar-refractivity contribution in [2.24, 2.45) is 11.8 Å². The Balaban J connectivity index is 4.03. The first-order chi connectivity index (χ1) is 28.0. The Morgan fingerprint density at radius 1 is 0.386 bits per heavy atom. The molecule has 0 aromatic heterocycles. The monoisotopic (exact) mass is 808 g/mol. The standard InChI is InChI=1S/C49H101N5O3/c1-5-9-13-17-20-28-36-46(34-26-15-11-7-3)44-52-48(56)50-38-30-22-19-24-32-40-54(42-43-55)41-33-25-23-31-39-51-49(57)53-45-47(35-27-16-12-8-4)37-29-21-18-14-10-6-2/h46-47,55H,5-45H2,1-4H3,(H2,50,52,56)(H2,51,53,57). The van der Waals surface area contributed by atoms with E-state index in [-0.39, 0.29) is 18.7 Å². The molecule has 0 rings (SSSR count). The van der Waals surface area contributed by atoms with Crippen molar-refractivity contribution >= 4 is 12.1 Å². The molecule has 0 heterocycles. The number of unbranched alkanes of at least 4 members (excludes halogenated alkanes) is 23. The molecule has 5 N–H and O–H groups in total. The van der Waals surface area contributed by atoms with Crippen molar-refractivity contribution in [3.63, 3.8) is 0 Å². The Morgan fingerprint density at radius 3 is 1.04 bits per heavy atom. The molecule has 2 atom stereocenters. The molecule has 57 heavy (non-hydrogen) atoms. The summed E-state index contributed by atoms with van der Waals surface area (Å²) >= 11 is 0. The number of carbonyl (C=O) groups is 2. The van der Waals surface area contributed by atoms with Crippen LogP contribution in [0.3, 0.4) is 0 Å². The van der Waals surface area contributed by atoms with E-state index in [1.54, 1.807) is 0 Å². The molecule has 0 saturated heterocycles. The summed E-state index contributed by atoms with van der Waals surface area (Å²) in [6.07, 6.45) is 41.5. The molecule has 0 saturated carbocycles. The normalized spacial score (nSPS) is 12.5. The fraction of sp³-hybridized carbons (Fsp3) is 0.959. The molecule has 0 aromatic carbocycles. The summed E-state index contributed by atoms with van der Waals surface area (Å²) < 4.78 is 0. The van der Waals surface area contributed by atoms with Crippen LogP contribution in [0.15, 0.2) is 0 Å². The number of hydrogen-bond acceptors (Lipinski definition) is 4. The predicted molar refractivity (Wildman–Crippen MR) is 248 cm³/mol. The Kier molecular flexibility index (Phi) is 44.3. The summed E-state index contributed by atoms with van der Waals surface area (Å²) in [6, 6.07) is 0.00182. The highest BCUT2D eigenvalue weighted by atomic mass is 16.3. The molecule has 0 aliphatic heterocycles. The number of carbonyl (C=O) groups excluding carboxylic acids is 2. The van der Waals surface area contributed by atoms with E-state index in [2.05, 4.69) is 53.9 Å². The van der Waals surface area contributed by atoms with Gasteiger partial charge in [-0.15, -0.1) is 0 Å². The van der Waals surface area contributed by atoms with Gasteiger partial charge in [-0.3, -0.25) is 0 Å². The molecule has 0 aliphatic carbocycles. The van der Waals surface area contributed by atoms with Gasteiger partial charge in [0.05, 0.1) is 6.61 Å². The minimum Gasteiger partial charge on any atom is -0.395 e. The van der Waals surface area contributed by atoms with Gasteiger partial charge >= 0.3 is 12.1 Å². The topological polar surface area (TPSA) is 106 Å². The van der Waals surface area contributed by atoms with Crippen LogP contribution in [0.4, 0.5) is 9.59 Å². The van der Waals surface area contributed by atoms with E-state index in [0.717, 1.165) is 90.8 Å². The van der Waals surface area contributed by atoms with Crippen molar-refractivity contribution in [2.75, 3.05) is 52.4 Å². The fourth-order valence-electron chi connectivity index (χ4n) is 8.13. The van der Waals surface area contributed by atoms with E-state index in [4.69, 9.17) is 0 Å². The maximum absolute atomic E-state index is 12.5. The zero-order valence-corrected chi connectivity index (χ0v) is 38.9. The van der Waals surface area contributed by atoms with Crippen molar-refractivity contribution in [3.05, 3.63) is 0 Å². The van der Waals surface area contributed by atoms with Crippen molar-refractivity contribution in [3.8, 4) is 0 Å². The lowest BCUT2D eigenvalue weighted by molar-refractivity contribution is 0.190. The Hall–Kier alpha value is -1.54. The van der Waals surface area contributed by atoms with Crippen molar-refractivity contribution in [1.29, 1.82) is 0 Å². The van der Waals surface area contributed by atoms with Crippen LogP contribution < -0.4 is 21.3 Å². The van der Waals surface area contributed by atoms with Crippen LogP contribution in [0.5, 0.6) is 0 Å². The number of rotatable bonds is 45. The van der Waals surface area contributed by atoms with Crippen LogP contribution in [-0.2, 0) is 0 Å². The minimum atomic E-state index is -0.00165. The molecule has 8 nitrogen and oxygen atoms in total. The fourth-order valence-corrected chi connectivity index (χ4v) is 8.13. The third-order valence-corrected chi connectivity index (χ3v) is 12.0. The lowest BCUT2D eigenvalue weighted by atomic mass is 9.94. The average molecular weight is 808 g/mol. The third-order valence-electron chi connectivity index (χ3n) is 12.0. The van der Waals surface area contributed by atoms with Crippen molar-refractivity contribution in [1.82, 2.24) is 26.2 Å². The van der Waals surface area contributed by atoms with Gasteiger partial charge < -0.3 is 31.3 Å². The van der Waals surface area contributed by atoms with Crippen LogP contribution in [0.1, 0.15) is 240 Å². The summed E-state index contributed by atoms with van der Waals surface area (Å²) in [7, 11) is 0. The lowest BCUT2D eigenvalue weighted by Crippen LogP contribution is -2.38. The molecule has 2 unspecified atom stereocenters. The third kappa shape index (κ3) is 41.0. The number of aliphatic hydroxyl groups is 1. The summed E-state index contributed by atoms with van der Waals surface area (Å²) in [4.78, 5) is 27.4. The highest BCUT2D eigenvalue weighted by Crippen LogP contribution is 2.20. The Bertz CT molecular complexity index is 831. The number of amides is 4. The van der Waals surface area contributed by atoms with Gasteiger partial charge in [-0.05, 0) is 76.3 Å². The first-order valence-electron chi connectivity index (χ1n) is 25.4. The van der Waals surface area contributed by atoms with Gasteiger partial charge in [-0.2, -0.15) is 0 Å². The minimum absolute atomic E-state index is 0.00165. The molecule has 0 fully saturated rings. The molecular formula is C49H101N5O3. The van der Waals surface area contributed by atoms with E-state index in [9.17, 15) is 14.7 Å². The zero-order valence-electron chi connectivity index (χ0n) is 38.9. The summed E-state index contributed by atoms with van der Waals surface area (Å²) in [5, 5.41) is 22.2. The van der Waals surface area contributed by atoms with E-state index >= 15 is 0 Å². The van der Waals surface area contributed by atoms with Crippen LogP contribution in [-0.4, -0.2) is 74.5 Å². The molecular weight excluding hydrogens is 707 g/mol. The molecule has 0 aromatic rings. The van der Waals surface area contributed by atoms with Crippen LogP contribution >= 0.6 is 0 Å². The van der Waals surface area contributed by atoms with Gasteiger partial charge in [0.25, 0.3) is 0 Å². The highest BCUT2D eigenvalue weighted by molar-refractivity contribution is 5.74. The first kappa shape index (κ1) is 55.5. The smallest absolute Gasteiger partial charge is 0.314 e. The summed E-state index contributed by atoms with van der Waals surface area (Å²) in [6.45, 7) is 15.2. The molecule has 0 bridgehead atoms. The van der Waals surface area contributed by atoms with Crippen LogP contribution in [0.25, 0.3) is 0 Å². The zero-order chi connectivity index (χ0) is 41.7. The predicted octanol–water partition coefficient (Wildman–Crippen LogP) is 13.1. The summed E-state index contributed by atoms with van der Waals surface area (Å²) in [5.74, 6) is 1.22. The molecule has 0 spiro atoms. The van der Waals surface area contributed by atoms with Gasteiger partial charge in [-0.1, -0.05) is 188 Å². The number of aliphatic hydroxyl groups excluding tert-OH is 1. The SMILES string of the molecule is CCCCCCCCC(CCCCCC)CNC(=O)NCCCCCCCN(CCO)CCCCCCNC(=O)NCC(CCCCCC)CCCCCCCC. The average Bonchev–Trinajstić information content (AvgIpc) is 3.21. The Labute approximate surface area is 355 Å².